The van der Waals surface area contributed by atoms with E-state index in [1.807, 2.05) is 0 Å². The molecule has 0 radical (unpaired) electrons. The van der Waals surface area contributed by atoms with Crippen LogP contribution in [0.4, 0.5) is 5.69 Å². The van der Waals surface area contributed by atoms with Gasteiger partial charge in [0.1, 0.15) is 0 Å². The topological polar surface area (TPSA) is 12.0 Å². The van der Waals surface area contributed by atoms with Crippen LogP contribution in [0.2, 0.25) is 0 Å². The molecule has 94 valence electrons. The van der Waals surface area contributed by atoms with Crippen molar-refractivity contribution in [1.82, 2.24) is 0 Å². The van der Waals surface area contributed by atoms with Crippen LogP contribution < -0.4 is 5.32 Å². The van der Waals surface area contributed by atoms with Crippen molar-refractivity contribution in [2.24, 2.45) is 11.3 Å². The lowest BCUT2D eigenvalue weighted by Crippen LogP contribution is -2.22. The summed E-state index contributed by atoms with van der Waals surface area (Å²) in [5, 5.41) is 3.70. The van der Waals surface area contributed by atoms with E-state index in [0.717, 1.165) is 10.4 Å². The highest BCUT2D eigenvalue weighted by Crippen LogP contribution is 2.42. The van der Waals surface area contributed by atoms with Crippen molar-refractivity contribution >= 4 is 21.6 Å². The van der Waals surface area contributed by atoms with Crippen molar-refractivity contribution < 1.29 is 0 Å². The molecular weight excluding hydrogens is 274 g/mol. The average Bonchev–Trinajstić information content (AvgIpc) is 2.37. The summed E-state index contributed by atoms with van der Waals surface area (Å²) in [5.74, 6) is 0.754. The molecule has 1 N–H and O–H groups in total. The normalized spacial score (nSPS) is 27.1. The standard InChI is InChI=1S/C15H22BrN/c1-10-5-12(16)7-13(6-10)17-14-9-15(3,4)8-11(14)2/h5-7,11,14,17H,8-9H2,1-4H3. The molecule has 1 nitrogen and oxygen atoms in total. The van der Waals surface area contributed by atoms with E-state index in [1.165, 1.54) is 24.1 Å². The molecule has 0 bridgehead atoms. The van der Waals surface area contributed by atoms with Crippen molar-refractivity contribution in [3.63, 3.8) is 0 Å². The third-order valence-corrected chi connectivity index (χ3v) is 4.19. The van der Waals surface area contributed by atoms with Gasteiger partial charge in [0, 0.05) is 16.2 Å². The largest absolute Gasteiger partial charge is 0.382 e. The maximum atomic E-state index is 3.70. The zero-order valence-electron chi connectivity index (χ0n) is 11.2. The number of hydrogen-bond donors (Lipinski definition) is 1. The Morgan fingerprint density at radius 3 is 2.47 bits per heavy atom. The summed E-state index contributed by atoms with van der Waals surface area (Å²) in [6.07, 6.45) is 2.58. The van der Waals surface area contributed by atoms with Crippen LogP contribution in [0.1, 0.15) is 39.2 Å². The van der Waals surface area contributed by atoms with Crippen LogP contribution in [0.5, 0.6) is 0 Å². The predicted octanol–water partition coefficient (Wildman–Crippen LogP) is 4.99. The Kier molecular flexibility index (Phi) is 3.53. The minimum atomic E-state index is 0.484. The quantitative estimate of drug-likeness (QED) is 0.810. The monoisotopic (exact) mass is 295 g/mol. The second-order valence-electron chi connectivity index (χ2n) is 6.32. The van der Waals surface area contributed by atoms with E-state index in [2.05, 4.69) is 67.1 Å². The smallest absolute Gasteiger partial charge is 0.0356 e. The van der Waals surface area contributed by atoms with E-state index in [9.17, 15) is 0 Å². The summed E-state index contributed by atoms with van der Waals surface area (Å²) >= 11 is 3.56. The van der Waals surface area contributed by atoms with Gasteiger partial charge in [0.15, 0.2) is 0 Å². The van der Waals surface area contributed by atoms with Crippen molar-refractivity contribution in [1.29, 1.82) is 0 Å². The van der Waals surface area contributed by atoms with Crippen molar-refractivity contribution in [2.75, 3.05) is 5.32 Å². The second kappa shape index (κ2) is 4.64. The lowest BCUT2D eigenvalue weighted by Gasteiger charge is -2.20. The first-order valence-corrected chi connectivity index (χ1v) is 7.19. The fraction of sp³-hybridized carbons (Fsp3) is 0.600. The molecule has 1 aromatic carbocycles. The van der Waals surface area contributed by atoms with E-state index in [1.54, 1.807) is 0 Å². The number of hydrogen-bond acceptors (Lipinski definition) is 1. The Morgan fingerprint density at radius 2 is 1.94 bits per heavy atom. The molecule has 0 aliphatic heterocycles. The van der Waals surface area contributed by atoms with Crippen LogP contribution in [0, 0.1) is 18.3 Å². The molecular formula is C15H22BrN. The molecule has 1 aliphatic carbocycles. The molecule has 2 atom stereocenters. The maximum absolute atomic E-state index is 3.70. The number of nitrogens with one attached hydrogen (secondary N) is 1. The molecule has 2 unspecified atom stereocenters. The molecule has 1 saturated carbocycles. The van der Waals surface area contributed by atoms with Crippen molar-refractivity contribution in [3.8, 4) is 0 Å². The van der Waals surface area contributed by atoms with Gasteiger partial charge in [-0.2, -0.15) is 0 Å². The fourth-order valence-corrected chi connectivity index (χ4v) is 3.73. The molecule has 0 amide bonds. The van der Waals surface area contributed by atoms with Crippen LogP contribution in [0.3, 0.4) is 0 Å². The Morgan fingerprint density at radius 1 is 1.24 bits per heavy atom. The van der Waals surface area contributed by atoms with Gasteiger partial charge in [-0.15, -0.1) is 0 Å². The van der Waals surface area contributed by atoms with Gasteiger partial charge in [0.2, 0.25) is 0 Å². The summed E-state index contributed by atoms with van der Waals surface area (Å²) in [6.45, 7) is 9.24. The minimum absolute atomic E-state index is 0.484. The van der Waals surface area contributed by atoms with Crippen LogP contribution >= 0.6 is 15.9 Å². The van der Waals surface area contributed by atoms with Gasteiger partial charge < -0.3 is 5.32 Å². The lowest BCUT2D eigenvalue weighted by atomic mass is 9.91. The Bertz CT molecular complexity index is 391. The highest BCUT2D eigenvalue weighted by atomic mass is 79.9. The number of benzene rings is 1. The van der Waals surface area contributed by atoms with Crippen molar-refractivity contribution in [3.05, 3.63) is 28.2 Å². The van der Waals surface area contributed by atoms with Crippen LogP contribution in [-0.2, 0) is 0 Å². The summed E-state index contributed by atoms with van der Waals surface area (Å²) in [7, 11) is 0. The SMILES string of the molecule is Cc1cc(Br)cc(NC2CC(C)(C)CC2C)c1. The summed E-state index contributed by atoms with van der Waals surface area (Å²) in [4.78, 5) is 0. The van der Waals surface area contributed by atoms with E-state index in [0.29, 0.717) is 11.5 Å². The van der Waals surface area contributed by atoms with E-state index in [4.69, 9.17) is 0 Å². The molecule has 0 heterocycles. The molecule has 17 heavy (non-hydrogen) atoms. The minimum Gasteiger partial charge on any atom is -0.382 e. The predicted molar refractivity (Wildman–Crippen MR) is 78.5 cm³/mol. The molecule has 0 spiro atoms. The molecule has 2 rings (SSSR count). The summed E-state index contributed by atoms with van der Waals surface area (Å²) in [5.41, 5.74) is 3.02. The fourth-order valence-electron chi connectivity index (χ4n) is 3.12. The molecule has 2 heteroatoms. The van der Waals surface area contributed by atoms with Gasteiger partial charge in [-0.3, -0.25) is 0 Å². The molecule has 1 aromatic rings. The van der Waals surface area contributed by atoms with Gasteiger partial charge in [-0.25, -0.2) is 0 Å². The van der Waals surface area contributed by atoms with Gasteiger partial charge >= 0.3 is 0 Å². The molecule has 1 aliphatic rings. The van der Waals surface area contributed by atoms with Crippen LogP contribution in [0.25, 0.3) is 0 Å². The Balaban J connectivity index is 2.11. The van der Waals surface area contributed by atoms with Gasteiger partial charge in [-0.05, 0) is 54.9 Å². The second-order valence-corrected chi connectivity index (χ2v) is 7.23. The van der Waals surface area contributed by atoms with Gasteiger partial charge in [0.25, 0.3) is 0 Å². The summed E-state index contributed by atoms with van der Waals surface area (Å²) < 4.78 is 1.16. The van der Waals surface area contributed by atoms with E-state index < -0.39 is 0 Å². The first-order valence-electron chi connectivity index (χ1n) is 6.39. The lowest BCUT2D eigenvalue weighted by molar-refractivity contribution is 0.366. The third kappa shape index (κ3) is 3.25. The molecule has 1 fully saturated rings. The number of halogens is 1. The van der Waals surface area contributed by atoms with Crippen LogP contribution in [0.15, 0.2) is 22.7 Å². The van der Waals surface area contributed by atoms with Gasteiger partial charge in [0.05, 0.1) is 0 Å². The molecule has 0 saturated heterocycles. The number of anilines is 1. The summed E-state index contributed by atoms with van der Waals surface area (Å²) in [6, 6.07) is 7.15. The van der Waals surface area contributed by atoms with E-state index in [-0.39, 0.29) is 0 Å². The maximum Gasteiger partial charge on any atom is 0.0356 e. The van der Waals surface area contributed by atoms with Crippen LogP contribution in [-0.4, -0.2) is 6.04 Å². The molecule has 0 aromatic heterocycles. The first-order chi connectivity index (χ1) is 7.85. The van der Waals surface area contributed by atoms with Crippen molar-refractivity contribution in [2.45, 2.75) is 46.6 Å². The number of aryl methyl sites for hydroxylation is 1. The number of rotatable bonds is 2. The zero-order valence-corrected chi connectivity index (χ0v) is 12.8. The average molecular weight is 296 g/mol. The Hall–Kier alpha value is -0.500. The first kappa shape index (κ1) is 12.9. The highest BCUT2D eigenvalue weighted by Gasteiger charge is 2.36. The Labute approximate surface area is 113 Å². The van der Waals surface area contributed by atoms with E-state index >= 15 is 0 Å². The van der Waals surface area contributed by atoms with Gasteiger partial charge in [-0.1, -0.05) is 36.7 Å². The zero-order chi connectivity index (χ0) is 12.6. The highest BCUT2D eigenvalue weighted by molar-refractivity contribution is 9.10. The third-order valence-electron chi connectivity index (χ3n) is 3.73.